The Kier molecular flexibility index (Phi) is 3.47. The van der Waals surface area contributed by atoms with E-state index in [0.29, 0.717) is 12.1 Å². The van der Waals surface area contributed by atoms with Crippen molar-refractivity contribution in [2.45, 2.75) is 33.2 Å². The fourth-order valence-electron chi connectivity index (χ4n) is 1.04. The second kappa shape index (κ2) is 4.44. The van der Waals surface area contributed by atoms with E-state index in [9.17, 15) is 4.79 Å². The van der Waals surface area contributed by atoms with Gasteiger partial charge in [-0.05, 0) is 5.41 Å². The van der Waals surface area contributed by atoms with Crippen LogP contribution in [-0.4, -0.2) is 22.1 Å². The molecule has 0 radical (unpaired) electrons. The minimum Gasteiger partial charge on any atom is -0.327 e. The maximum Gasteiger partial charge on any atom is 0.226 e. The monoisotopic (exact) mass is 210 g/mol. The molecule has 1 atom stereocenters. The van der Waals surface area contributed by atoms with Gasteiger partial charge in [0.05, 0.1) is 11.9 Å². The lowest BCUT2D eigenvalue weighted by atomic mass is 9.85. The number of H-pyrrole nitrogens is 1. The van der Waals surface area contributed by atoms with Crippen molar-refractivity contribution in [3.8, 4) is 0 Å². The Balaban J connectivity index is 2.43. The number of hydrogen-bond acceptors (Lipinski definition) is 3. The molecule has 1 heterocycles. The molecule has 15 heavy (non-hydrogen) atoms. The van der Waals surface area contributed by atoms with E-state index in [1.807, 2.05) is 20.8 Å². The molecule has 0 aliphatic rings. The van der Waals surface area contributed by atoms with Crippen molar-refractivity contribution in [3.63, 3.8) is 0 Å². The van der Waals surface area contributed by atoms with Crippen LogP contribution < -0.4 is 11.1 Å². The topological polar surface area (TPSA) is 83.8 Å². The average Bonchev–Trinajstić information content (AvgIpc) is 2.54. The van der Waals surface area contributed by atoms with E-state index in [0.717, 1.165) is 0 Å². The summed E-state index contributed by atoms with van der Waals surface area (Å²) in [4.78, 5) is 11.5. The van der Waals surface area contributed by atoms with Crippen molar-refractivity contribution in [1.29, 1.82) is 0 Å². The van der Waals surface area contributed by atoms with E-state index >= 15 is 0 Å². The van der Waals surface area contributed by atoms with Gasteiger partial charge in [-0.2, -0.15) is 5.10 Å². The van der Waals surface area contributed by atoms with E-state index in [4.69, 9.17) is 5.73 Å². The summed E-state index contributed by atoms with van der Waals surface area (Å²) in [5, 5.41) is 9.07. The zero-order valence-corrected chi connectivity index (χ0v) is 9.37. The number of amides is 1. The summed E-state index contributed by atoms with van der Waals surface area (Å²) in [7, 11) is 0. The highest BCUT2D eigenvalue weighted by atomic mass is 16.1. The molecule has 84 valence electrons. The minimum atomic E-state index is -0.149. The molecule has 0 aromatic carbocycles. The predicted molar refractivity (Wildman–Crippen MR) is 59.3 cm³/mol. The molecule has 5 heteroatoms. The van der Waals surface area contributed by atoms with Crippen LogP contribution in [0.15, 0.2) is 12.4 Å². The van der Waals surface area contributed by atoms with E-state index < -0.39 is 0 Å². The third-order valence-corrected chi connectivity index (χ3v) is 2.30. The Morgan fingerprint density at radius 1 is 1.67 bits per heavy atom. The number of rotatable bonds is 3. The Morgan fingerprint density at radius 3 is 2.80 bits per heavy atom. The molecule has 1 unspecified atom stereocenters. The van der Waals surface area contributed by atoms with Crippen LogP contribution in [0.1, 0.15) is 27.2 Å². The normalized spacial score (nSPS) is 13.6. The first-order valence-corrected chi connectivity index (χ1v) is 4.94. The van der Waals surface area contributed by atoms with Crippen molar-refractivity contribution in [3.05, 3.63) is 12.4 Å². The summed E-state index contributed by atoms with van der Waals surface area (Å²) in [6.45, 7) is 6.05. The molecular weight excluding hydrogens is 192 g/mol. The van der Waals surface area contributed by atoms with Gasteiger partial charge in [-0.15, -0.1) is 0 Å². The molecule has 0 saturated carbocycles. The van der Waals surface area contributed by atoms with Gasteiger partial charge in [0, 0.05) is 18.7 Å². The summed E-state index contributed by atoms with van der Waals surface area (Å²) in [6.07, 6.45) is 3.50. The van der Waals surface area contributed by atoms with Gasteiger partial charge in [-0.25, -0.2) is 0 Å². The molecule has 0 aliphatic carbocycles. The van der Waals surface area contributed by atoms with Gasteiger partial charge < -0.3 is 11.1 Å². The highest BCUT2D eigenvalue weighted by molar-refractivity contribution is 5.90. The maximum absolute atomic E-state index is 11.5. The molecule has 1 rings (SSSR count). The van der Waals surface area contributed by atoms with Crippen LogP contribution in [-0.2, 0) is 4.79 Å². The molecule has 1 aromatic heterocycles. The van der Waals surface area contributed by atoms with Gasteiger partial charge in [-0.1, -0.05) is 20.8 Å². The molecular formula is C10H18N4O. The number of anilines is 1. The highest BCUT2D eigenvalue weighted by Crippen LogP contribution is 2.20. The van der Waals surface area contributed by atoms with Gasteiger partial charge >= 0.3 is 0 Å². The number of aromatic amines is 1. The molecule has 0 fully saturated rings. The van der Waals surface area contributed by atoms with Crippen molar-refractivity contribution in [1.82, 2.24) is 10.2 Å². The quantitative estimate of drug-likeness (QED) is 0.698. The summed E-state index contributed by atoms with van der Waals surface area (Å²) in [6, 6.07) is -0.149. The molecule has 1 amide bonds. The third-order valence-electron chi connectivity index (χ3n) is 2.30. The molecule has 4 N–H and O–H groups in total. The first-order valence-electron chi connectivity index (χ1n) is 4.94. The van der Waals surface area contributed by atoms with Crippen LogP contribution in [0.25, 0.3) is 0 Å². The van der Waals surface area contributed by atoms with E-state index in [2.05, 4.69) is 15.5 Å². The van der Waals surface area contributed by atoms with Gasteiger partial charge in [-0.3, -0.25) is 9.89 Å². The molecule has 5 nitrogen and oxygen atoms in total. The zero-order valence-electron chi connectivity index (χ0n) is 9.37. The first kappa shape index (κ1) is 11.7. The first-order chi connectivity index (χ1) is 6.89. The van der Waals surface area contributed by atoms with Crippen LogP contribution in [0.3, 0.4) is 0 Å². The lowest BCUT2D eigenvalue weighted by Crippen LogP contribution is -2.38. The fourth-order valence-corrected chi connectivity index (χ4v) is 1.04. The summed E-state index contributed by atoms with van der Waals surface area (Å²) in [5.74, 6) is -0.0844. The predicted octanol–water partition coefficient (Wildman–Crippen LogP) is 1.11. The number of carbonyl (C=O) groups is 1. The Bertz CT molecular complexity index is 313. The molecule has 1 aromatic rings. The second-order valence-corrected chi connectivity index (χ2v) is 4.71. The van der Waals surface area contributed by atoms with E-state index in [1.165, 1.54) is 0 Å². The van der Waals surface area contributed by atoms with E-state index in [1.54, 1.807) is 12.4 Å². The number of nitrogens with zero attached hydrogens (tertiary/aromatic N) is 1. The number of hydrogen-bond donors (Lipinski definition) is 3. The molecule has 0 aliphatic heterocycles. The molecule has 0 spiro atoms. The summed E-state index contributed by atoms with van der Waals surface area (Å²) >= 11 is 0. The number of nitrogens with two attached hydrogens (primary N) is 1. The number of carbonyl (C=O) groups excluding carboxylic acids is 1. The van der Waals surface area contributed by atoms with Gasteiger partial charge in [0.1, 0.15) is 0 Å². The Hall–Kier alpha value is -1.36. The largest absolute Gasteiger partial charge is 0.327 e. The zero-order chi connectivity index (χ0) is 11.5. The molecule has 0 saturated heterocycles. The fraction of sp³-hybridized carbons (Fsp3) is 0.600. The van der Waals surface area contributed by atoms with Gasteiger partial charge in [0.2, 0.25) is 5.91 Å². The van der Waals surface area contributed by atoms with Gasteiger partial charge in [0.25, 0.3) is 0 Å². The van der Waals surface area contributed by atoms with Crippen LogP contribution in [0.2, 0.25) is 0 Å². The van der Waals surface area contributed by atoms with E-state index in [-0.39, 0.29) is 17.4 Å². The highest BCUT2D eigenvalue weighted by Gasteiger charge is 2.23. The number of aromatic nitrogens is 2. The van der Waals surface area contributed by atoms with Crippen LogP contribution in [0.4, 0.5) is 5.69 Å². The molecule has 0 bridgehead atoms. The number of nitrogens with one attached hydrogen (secondary N) is 2. The van der Waals surface area contributed by atoms with Crippen molar-refractivity contribution < 1.29 is 4.79 Å². The summed E-state index contributed by atoms with van der Waals surface area (Å²) in [5.41, 5.74) is 6.50. The SMILES string of the molecule is CC(C)(C)C(N)CC(=O)Nc1cn[nH]c1. The van der Waals surface area contributed by atoms with Crippen molar-refractivity contribution in [2.24, 2.45) is 11.1 Å². The Labute approximate surface area is 89.4 Å². The lowest BCUT2D eigenvalue weighted by Gasteiger charge is -2.26. The second-order valence-electron chi connectivity index (χ2n) is 4.71. The van der Waals surface area contributed by atoms with Crippen LogP contribution in [0, 0.1) is 5.41 Å². The van der Waals surface area contributed by atoms with Crippen LogP contribution >= 0.6 is 0 Å². The van der Waals surface area contributed by atoms with Crippen LogP contribution in [0.5, 0.6) is 0 Å². The van der Waals surface area contributed by atoms with Crippen molar-refractivity contribution in [2.75, 3.05) is 5.32 Å². The standard InChI is InChI=1S/C10H18N4O/c1-10(2,3)8(11)4-9(15)14-7-5-12-13-6-7/h5-6,8H,4,11H2,1-3H3,(H,12,13)(H,14,15). The minimum absolute atomic E-state index is 0.0618. The average molecular weight is 210 g/mol. The lowest BCUT2D eigenvalue weighted by molar-refractivity contribution is -0.117. The third kappa shape index (κ3) is 3.71. The van der Waals surface area contributed by atoms with Gasteiger partial charge in [0.15, 0.2) is 0 Å². The Morgan fingerprint density at radius 2 is 2.33 bits per heavy atom. The smallest absolute Gasteiger partial charge is 0.226 e. The summed E-state index contributed by atoms with van der Waals surface area (Å²) < 4.78 is 0. The van der Waals surface area contributed by atoms with Crippen molar-refractivity contribution >= 4 is 11.6 Å². The maximum atomic E-state index is 11.5.